The Balaban J connectivity index is 0.000000200. The van der Waals surface area contributed by atoms with Crippen LogP contribution >= 0.6 is 0 Å². The van der Waals surface area contributed by atoms with Crippen molar-refractivity contribution < 1.29 is 52.8 Å². The zero-order chi connectivity index (χ0) is 67.7. The predicted molar refractivity (Wildman–Crippen MR) is 363 cm³/mol. The van der Waals surface area contributed by atoms with Crippen LogP contribution in [0.2, 0.25) is 0 Å². The van der Waals surface area contributed by atoms with Gasteiger partial charge in [0.1, 0.15) is 25.3 Å². The third kappa shape index (κ3) is 13.8. The summed E-state index contributed by atoms with van der Waals surface area (Å²) >= 11 is 0. The van der Waals surface area contributed by atoms with Gasteiger partial charge in [-0.15, -0.1) is 0 Å². The Morgan fingerprint density at radius 1 is 0.515 bits per heavy atom. The number of ether oxygens (including phenoxy) is 4. The molecule has 9 aromatic rings. The molecule has 18 nitrogen and oxygen atoms in total. The van der Waals surface area contributed by atoms with E-state index >= 15 is 0 Å². The average molecular weight is 1300 g/mol. The molecular weight excluding hydrogens is 1220 g/mol. The number of primary amides is 2. The molecule has 0 bridgehead atoms. The number of aliphatic hydroxyl groups is 1. The molecule has 4 saturated heterocycles. The van der Waals surface area contributed by atoms with Crippen LogP contribution in [0.1, 0.15) is 100 Å². The molecule has 490 valence electrons. The van der Waals surface area contributed by atoms with Gasteiger partial charge in [-0.05, 0) is 99.3 Å². The summed E-state index contributed by atoms with van der Waals surface area (Å²) in [5, 5.41) is 13.4. The maximum Gasteiger partial charge on any atom is 0.404 e. The van der Waals surface area contributed by atoms with E-state index in [0.29, 0.717) is 47.5 Å². The largest absolute Gasteiger partial charge is 0.451 e. The van der Waals surface area contributed by atoms with Crippen molar-refractivity contribution in [3.63, 3.8) is 0 Å². The van der Waals surface area contributed by atoms with Gasteiger partial charge in [0.05, 0.1) is 35.6 Å². The average Bonchev–Trinajstić information content (AvgIpc) is 1.57. The van der Waals surface area contributed by atoms with Crippen LogP contribution in [0.4, 0.5) is 9.59 Å². The molecule has 0 aliphatic carbocycles. The lowest BCUT2D eigenvalue weighted by Gasteiger charge is -2.41. The number of aromatic nitrogens is 2. The number of hydrogen-bond donors (Lipinski definition) is 4. The van der Waals surface area contributed by atoms with E-state index in [1.165, 1.54) is 4.90 Å². The van der Waals surface area contributed by atoms with Gasteiger partial charge in [-0.2, -0.15) is 0 Å². The zero-order valence-electron chi connectivity index (χ0n) is 53.5. The number of pyridine rings is 2. The van der Waals surface area contributed by atoms with E-state index < -0.39 is 76.9 Å². The molecule has 7 aromatic carbocycles. The molecular formula is C79H73N7O11. The molecule has 4 amide bonds. The summed E-state index contributed by atoms with van der Waals surface area (Å²) in [6, 6.07) is 73.3. The Bertz CT molecular complexity index is 4190. The van der Waals surface area contributed by atoms with Gasteiger partial charge in [-0.1, -0.05) is 226 Å². The minimum atomic E-state index is -1.03. The van der Waals surface area contributed by atoms with Crippen LogP contribution in [0.25, 0.3) is 12.2 Å². The van der Waals surface area contributed by atoms with Crippen molar-refractivity contribution in [1.29, 1.82) is 0 Å². The van der Waals surface area contributed by atoms with Gasteiger partial charge in [-0.25, -0.2) is 19.2 Å². The minimum absolute atomic E-state index is 0.150. The van der Waals surface area contributed by atoms with Gasteiger partial charge in [-0.3, -0.25) is 24.9 Å². The molecule has 4 fully saturated rings. The molecule has 2 unspecified atom stereocenters. The number of fused-ring (bicyclic) bond motifs is 2. The Kier molecular flexibility index (Phi) is 19.4. The maximum absolute atomic E-state index is 14.3. The molecule has 4 aliphatic heterocycles. The van der Waals surface area contributed by atoms with E-state index in [1.54, 1.807) is 48.5 Å². The number of nitrogens with one attached hydrogen (secondary N) is 1. The van der Waals surface area contributed by atoms with Gasteiger partial charge in [0, 0.05) is 40.9 Å². The number of carbonyl (C=O) groups excluding carboxylic acids is 6. The quantitative estimate of drug-likeness (QED) is 0.0172. The van der Waals surface area contributed by atoms with E-state index in [-0.39, 0.29) is 31.6 Å². The number of aliphatic hydroxyl groups excluding tert-OH is 1. The molecule has 97 heavy (non-hydrogen) atoms. The standard InChI is InChI=1S/C49H44N4O5.C30H29N3O6/c1-48(33-57-47(50)56)31-42-41(45(54)53(42)44(48)46(55)58-43(35-17-7-2-8-18-35)36-19-9-3-10-20-36)30-40-29-34(27-28-51-40)32-52-49(37-21-11-4-12-22-37,38-23-13-5-14-24-38)39-25-15-6-16-26-39;1-30(18-38-29(31)37)16-24-23(15-22-14-19(17-34)12-13-32-22)27(35)33(24)26(30)28(36)39-25(20-8-4-2-5-9-20)21-10-6-3-7-11-21/h2-30,42-44,52H,31-33H2,1H3,(H2,50,56);2-15,24-26,34H,16-18H2,1H3,(H2,31,37)/b41-30+;23-15+/t42?,44-,48-;24?,26-,30-/m00/s1. The van der Waals surface area contributed by atoms with E-state index in [1.807, 2.05) is 159 Å². The highest BCUT2D eigenvalue weighted by Gasteiger charge is 2.65. The Labute approximate surface area is 562 Å². The third-order valence-corrected chi connectivity index (χ3v) is 18.6. The summed E-state index contributed by atoms with van der Waals surface area (Å²) in [7, 11) is 0. The fraction of sp³-hybridized carbons (Fsp3) is 0.215. The first-order valence-corrected chi connectivity index (χ1v) is 32.0. The number of rotatable bonds is 21. The number of amides is 4. The molecule has 4 aliphatic rings. The normalized spacial score (nSPS) is 20.8. The van der Waals surface area contributed by atoms with Crippen LogP contribution in [-0.2, 0) is 56.8 Å². The minimum Gasteiger partial charge on any atom is -0.451 e. The monoisotopic (exact) mass is 1300 g/mol. The first-order chi connectivity index (χ1) is 47.1. The van der Waals surface area contributed by atoms with Gasteiger partial charge < -0.3 is 45.3 Å². The second-order valence-corrected chi connectivity index (χ2v) is 25.2. The van der Waals surface area contributed by atoms with E-state index in [0.717, 1.165) is 44.5 Å². The van der Waals surface area contributed by atoms with Crippen LogP contribution in [0, 0.1) is 10.8 Å². The second kappa shape index (κ2) is 28.7. The number of β-lactam (4-membered cyclic amide) rings is 2. The highest BCUT2D eigenvalue weighted by atomic mass is 16.6. The first kappa shape index (κ1) is 65.7. The van der Waals surface area contributed by atoms with Gasteiger partial charge in [0.15, 0.2) is 12.2 Å². The molecule has 0 saturated carbocycles. The number of carbonyl (C=O) groups is 6. The van der Waals surface area contributed by atoms with Gasteiger partial charge >= 0.3 is 24.1 Å². The van der Waals surface area contributed by atoms with Crippen molar-refractivity contribution in [2.24, 2.45) is 22.3 Å². The van der Waals surface area contributed by atoms with Crippen molar-refractivity contribution in [3.8, 4) is 0 Å². The smallest absolute Gasteiger partial charge is 0.404 e. The number of nitrogens with two attached hydrogens (primary N) is 2. The van der Waals surface area contributed by atoms with Crippen LogP contribution in [-0.4, -0.2) is 98.2 Å². The summed E-state index contributed by atoms with van der Waals surface area (Å²) in [5.74, 6) is -1.81. The summed E-state index contributed by atoms with van der Waals surface area (Å²) in [5.41, 5.74) is 18.3. The van der Waals surface area contributed by atoms with Gasteiger partial charge in [0.25, 0.3) is 11.8 Å². The summed E-state index contributed by atoms with van der Waals surface area (Å²) in [4.78, 5) is 91.1. The third-order valence-electron chi connectivity index (χ3n) is 18.6. The van der Waals surface area contributed by atoms with Gasteiger partial charge in [0.2, 0.25) is 0 Å². The number of benzene rings is 7. The van der Waals surface area contributed by atoms with Crippen LogP contribution in [0.3, 0.4) is 0 Å². The topological polar surface area (TPSA) is 256 Å². The lowest BCUT2D eigenvalue weighted by atomic mass is 9.77. The first-order valence-electron chi connectivity index (χ1n) is 32.0. The molecule has 0 spiro atoms. The number of hydrogen-bond acceptors (Lipinski definition) is 14. The van der Waals surface area contributed by atoms with Crippen molar-refractivity contribution in [2.75, 3.05) is 13.2 Å². The van der Waals surface area contributed by atoms with Crippen molar-refractivity contribution in [1.82, 2.24) is 25.1 Å². The van der Waals surface area contributed by atoms with Crippen molar-refractivity contribution >= 4 is 48.1 Å². The zero-order valence-corrected chi connectivity index (χ0v) is 53.5. The maximum atomic E-state index is 14.3. The number of nitrogens with zero attached hydrogens (tertiary/aromatic N) is 4. The Morgan fingerprint density at radius 2 is 0.835 bits per heavy atom. The van der Waals surface area contributed by atoms with Crippen LogP contribution < -0.4 is 16.8 Å². The van der Waals surface area contributed by atoms with Crippen LogP contribution in [0.15, 0.2) is 260 Å². The van der Waals surface area contributed by atoms with E-state index in [2.05, 4.69) is 88.1 Å². The molecule has 13 rings (SSSR count). The summed E-state index contributed by atoms with van der Waals surface area (Å²) < 4.78 is 22.9. The van der Waals surface area contributed by atoms with Crippen LogP contribution in [0.5, 0.6) is 0 Å². The fourth-order valence-corrected chi connectivity index (χ4v) is 14.0. The van der Waals surface area contributed by atoms with Crippen molar-refractivity contribution in [2.45, 2.75) is 81.8 Å². The fourth-order valence-electron chi connectivity index (χ4n) is 14.0. The lowest BCUT2D eigenvalue weighted by molar-refractivity contribution is -0.163. The SMILES string of the molecule is C[C@@]1(COC(N)=O)CC2/C(=C\c3cc(CNC(c4ccccc4)(c4ccccc4)c4ccccc4)ccn3)C(=O)N2[C@H]1C(=O)OC(c1ccccc1)c1ccccc1.C[C@@]1(COC(N)=O)CC2/C(=C\c3cc(CO)ccn3)C(=O)N2[C@H]1C(=O)OC(c1ccccc1)c1ccccc1. The molecule has 0 radical (unpaired) electrons. The summed E-state index contributed by atoms with van der Waals surface area (Å²) in [6.07, 6.45) is 4.15. The summed E-state index contributed by atoms with van der Waals surface area (Å²) in [6.45, 7) is 3.63. The molecule has 6 atom stereocenters. The molecule has 6 N–H and O–H groups in total. The second-order valence-electron chi connectivity index (χ2n) is 25.2. The Morgan fingerprint density at radius 3 is 1.16 bits per heavy atom. The highest BCUT2D eigenvalue weighted by molar-refractivity contribution is 6.09. The molecule has 18 heteroatoms. The lowest BCUT2D eigenvalue weighted by Crippen LogP contribution is -2.58. The highest BCUT2D eigenvalue weighted by Crippen LogP contribution is 2.53. The number of esters is 2. The Hall–Kier alpha value is -11.3. The molecule has 6 heterocycles. The van der Waals surface area contributed by atoms with Crippen molar-refractivity contribution in [3.05, 3.63) is 322 Å². The predicted octanol–water partition coefficient (Wildman–Crippen LogP) is 11.3. The van der Waals surface area contributed by atoms with E-state index in [9.17, 15) is 33.9 Å². The molecule has 2 aromatic heterocycles. The van der Waals surface area contributed by atoms with E-state index in [4.69, 9.17) is 30.4 Å².